The van der Waals surface area contributed by atoms with E-state index in [4.69, 9.17) is 9.72 Å². The highest BCUT2D eigenvalue weighted by molar-refractivity contribution is 9.10. The lowest BCUT2D eigenvalue weighted by Crippen LogP contribution is -2.37. The van der Waals surface area contributed by atoms with Crippen molar-refractivity contribution in [1.29, 1.82) is 0 Å². The van der Waals surface area contributed by atoms with Gasteiger partial charge in [0.1, 0.15) is 4.60 Å². The number of benzene rings is 2. The molecule has 4 aromatic rings. The van der Waals surface area contributed by atoms with Crippen LogP contribution < -0.4 is 10.6 Å². The Morgan fingerprint density at radius 1 is 1.00 bits per heavy atom. The summed E-state index contributed by atoms with van der Waals surface area (Å²) in [5.74, 6) is 0.869. The Morgan fingerprint density at radius 2 is 1.88 bits per heavy atom. The molecule has 2 aromatic heterocycles. The summed E-state index contributed by atoms with van der Waals surface area (Å²) in [4.78, 5) is 12.2. The Bertz CT molecular complexity index is 1400. The van der Waals surface area contributed by atoms with Crippen LogP contribution in [0.4, 0.5) is 11.6 Å². The molecule has 1 fully saturated rings. The average molecular weight is 608 g/mol. The minimum atomic E-state index is 0.200. The molecule has 0 radical (unpaired) electrons. The summed E-state index contributed by atoms with van der Waals surface area (Å²) in [6.45, 7) is 9.22. The second-order valence-corrected chi connectivity index (χ2v) is 11.2. The maximum Gasteiger partial charge on any atom is 0.204 e. The molecule has 212 valence electrons. The van der Waals surface area contributed by atoms with Gasteiger partial charge in [-0.2, -0.15) is 0 Å². The van der Waals surface area contributed by atoms with Gasteiger partial charge in [-0.25, -0.2) is 9.97 Å². The summed E-state index contributed by atoms with van der Waals surface area (Å²) in [5, 5.41) is 16.5. The molecule has 5 rings (SSSR count). The van der Waals surface area contributed by atoms with Gasteiger partial charge in [0.15, 0.2) is 0 Å². The number of aliphatic hydroxyl groups excluding tert-OH is 1. The molecule has 1 saturated heterocycles. The summed E-state index contributed by atoms with van der Waals surface area (Å²) in [5.41, 5.74) is 7.78. The Hall–Kier alpha value is -2.98. The van der Waals surface area contributed by atoms with Crippen molar-refractivity contribution in [2.75, 3.05) is 56.6 Å². The molecule has 0 bridgehead atoms. The summed E-state index contributed by atoms with van der Waals surface area (Å²) in [7, 11) is 0. The monoisotopic (exact) mass is 606 g/mol. The number of aromatic nitrogens is 3. The van der Waals surface area contributed by atoms with Gasteiger partial charge in [0.25, 0.3) is 0 Å². The Balaban J connectivity index is 1.33. The molecular weight excluding hydrogens is 568 g/mol. The van der Waals surface area contributed by atoms with Crippen molar-refractivity contribution in [3.63, 3.8) is 0 Å². The predicted octanol–water partition coefficient (Wildman–Crippen LogP) is 5.22. The molecule has 2 aromatic carbocycles. The van der Waals surface area contributed by atoms with Gasteiger partial charge in [0.05, 0.1) is 36.5 Å². The van der Waals surface area contributed by atoms with Crippen LogP contribution in [0.5, 0.6) is 0 Å². The smallest absolute Gasteiger partial charge is 0.204 e. The third-order valence-corrected chi connectivity index (χ3v) is 7.74. The summed E-state index contributed by atoms with van der Waals surface area (Å²) in [6.07, 6.45) is 2.66. The van der Waals surface area contributed by atoms with E-state index >= 15 is 0 Å². The first-order valence-electron chi connectivity index (χ1n) is 14.2. The third-order valence-electron chi connectivity index (χ3n) is 7.30. The molecule has 0 saturated carbocycles. The number of hydrogen-bond donors (Lipinski definition) is 3. The van der Waals surface area contributed by atoms with E-state index in [0.29, 0.717) is 13.1 Å². The number of halogens is 1. The van der Waals surface area contributed by atoms with E-state index in [-0.39, 0.29) is 6.61 Å². The van der Waals surface area contributed by atoms with Crippen LogP contribution in [-0.4, -0.2) is 70.5 Å². The van der Waals surface area contributed by atoms with E-state index in [9.17, 15) is 5.11 Å². The number of fused-ring (bicyclic) bond motifs is 1. The van der Waals surface area contributed by atoms with Gasteiger partial charge in [0.2, 0.25) is 5.95 Å². The molecule has 1 aliphatic rings. The standard InChI is InChI=1S/C31H39BrN6O2/c1-23-8-10-25(5-3-16-39)27(19-23)34-21-24-9-11-29-28(20-24)36-31(33-12-4-13-37-14-17-40-18-15-37)38(29)22-26-6-2-7-30(32)35-26/h2,6-11,19-20,34,39H,3-5,12-18,21-22H2,1H3,(H,33,36). The lowest BCUT2D eigenvalue weighted by atomic mass is 10.0. The fraction of sp³-hybridized carbons (Fsp3) is 0.419. The van der Waals surface area contributed by atoms with Gasteiger partial charge in [0, 0.05) is 38.5 Å². The molecule has 0 atom stereocenters. The summed E-state index contributed by atoms with van der Waals surface area (Å²) < 4.78 is 8.53. The molecule has 0 amide bonds. The first kappa shape index (κ1) is 28.5. The maximum atomic E-state index is 9.29. The van der Waals surface area contributed by atoms with E-state index in [0.717, 1.165) is 91.6 Å². The van der Waals surface area contributed by atoms with Crippen molar-refractivity contribution in [1.82, 2.24) is 19.4 Å². The number of aryl methyl sites for hydroxylation is 2. The Kier molecular flexibility index (Phi) is 10.0. The largest absolute Gasteiger partial charge is 0.396 e. The molecule has 0 spiro atoms. The summed E-state index contributed by atoms with van der Waals surface area (Å²) in [6, 6.07) is 19.0. The van der Waals surface area contributed by atoms with E-state index in [1.54, 1.807) is 0 Å². The van der Waals surface area contributed by atoms with Crippen LogP contribution in [0.2, 0.25) is 0 Å². The van der Waals surface area contributed by atoms with Gasteiger partial charge >= 0.3 is 0 Å². The Morgan fingerprint density at radius 3 is 2.70 bits per heavy atom. The molecule has 3 heterocycles. The first-order chi connectivity index (χ1) is 19.6. The number of anilines is 2. The van der Waals surface area contributed by atoms with Crippen molar-refractivity contribution >= 4 is 38.6 Å². The lowest BCUT2D eigenvalue weighted by molar-refractivity contribution is 0.0378. The number of nitrogens with one attached hydrogen (secondary N) is 2. The maximum absolute atomic E-state index is 9.29. The molecule has 1 aliphatic heterocycles. The number of hydrogen-bond acceptors (Lipinski definition) is 7. The number of nitrogens with zero attached hydrogens (tertiary/aromatic N) is 4. The van der Waals surface area contributed by atoms with Crippen molar-refractivity contribution in [3.05, 3.63) is 81.6 Å². The van der Waals surface area contributed by atoms with E-state index in [2.05, 4.69) is 84.3 Å². The zero-order valence-electron chi connectivity index (χ0n) is 23.2. The molecular formula is C31H39BrN6O2. The minimum Gasteiger partial charge on any atom is -0.396 e. The van der Waals surface area contributed by atoms with Gasteiger partial charge in [-0.3, -0.25) is 4.90 Å². The van der Waals surface area contributed by atoms with Crippen molar-refractivity contribution in [2.45, 2.75) is 39.3 Å². The molecule has 3 N–H and O–H groups in total. The molecule has 9 heteroatoms. The minimum absolute atomic E-state index is 0.200. The number of morpholine rings is 1. The molecule has 40 heavy (non-hydrogen) atoms. The zero-order valence-corrected chi connectivity index (χ0v) is 24.8. The van der Waals surface area contributed by atoms with E-state index in [1.807, 2.05) is 18.2 Å². The second kappa shape index (κ2) is 14.1. The fourth-order valence-electron chi connectivity index (χ4n) is 5.15. The molecule has 0 aliphatic carbocycles. The second-order valence-electron chi connectivity index (χ2n) is 10.4. The highest BCUT2D eigenvalue weighted by atomic mass is 79.9. The number of ether oxygens (including phenoxy) is 1. The Labute approximate surface area is 244 Å². The first-order valence-corrected chi connectivity index (χ1v) is 15.0. The van der Waals surface area contributed by atoms with Gasteiger partial charge < -0.3 is 25.0 Å². The van der Waals surface area contributed by atoms with Crippen LogP contribution in [0.15, 0.2) is 59.2 Å². The summed E-state index contributed by atoms with van der Waals surface area (Å²) >= 11 is 3.51. The zero-order chi connectivity index (χ0) is 27.7. The molecule has 0 unspecified atom stereocenters. The van der Waals surface area contributed by atoms with Crippen LogP contribution in [0.1, 0.15) is 35.2 Å². The normalized spacial score (nSPS) is 14.1. The van der Waals surface area contributed by atoms with Gasteiger partial charge in [-0.1, -0.05) is 24.3 Å². The number of aliphatic hydroxyl groups is 1. The molecule has 8 nitrogen and oxygen atoms in total. The van der Waals surface area contributed by atoms with Crippen LogP contribution in [0.3, 0.4) is 0 Å². The third kappa shape index (κ3) is 7.60. The lowest BCUT2D eigenvalue weighted by Gasteiger charge is -2.26. The highest BCUT2D eigenvalue weighted by Gasteiger charge is 2.14. The van der Waals surface area contributed by atoms with Crippen LogP contribution in [0, 0.1) is 6.92 Å². The number of imidazole rings is 1. The van der Waals surface area contributed by atoms with Crippen molar-refractivity contribution in [2.24, 2.45) is 0 Å². The van der Waals surface area contributed by atoms with Crippen LogP contribution in [-0.2, 0) is 24.2 Å². The average Bonchev–Trinajstić information content (AvgIpc) is 3.30. The van der Waals surface area contributed by atoms with Crippen LogP contribution >= 0.6 is 15.9 Å². The van der Waals surface area contributed by atoms with Crippen LogP contribution in [0.25, 0.3) is 11.0 Å². The van der Waals surface area contributed by atoms with Crippen molar-refractivity contribution < 1.29 is 9.84 Å². The quantitative estimate of drug-likeness (QED) is 0.142. The van der Waals surface area contributed by atoms with E-state index < -0.39 is 0 Å². The fourth-order valence-corrected chi connectivity index (χ4v) is 5.53. The number of pyridine rings is 1. The SMILES string of the molecule is Cc1ccc(CCCO)c(NCc2ccc3c(c2)nc(NCCCN2CCOCC2)n3Cc2cccc(Br)n2)c1. The number of rotatable bonds is 13. The van der Waals surface area contributed by atoms with Gasteiger partial charge in [-0.15, -0.1) is 0 Å². The van der Waals surface area contributed by atoms with E-state index in [1.165, 1.54) is 16.7 Å². The predicted molar refractivity (Wildman–Crippen MR) is 165 cm³/mol. The topological polar surface area (TPSA) is 87.5 Å². The highest BCUT2D eigenvalue weighted by Crippen LogP contribution is 2.25. The van der Waals surface area contributed by atoms with Gasteiger partial charge in [-0.05, 0) is 95.7 Å². The van der Waals surface area contributed by atoms with Crippen molar-refractivity contribution in [3.8, 4) is 0 Å².